The van der Waals surface area contributed by atoms with Gasteiger partial charge in [0.15, 0.2) is 5.11 Å². The summed E-state index contributed by atoms with van der Waals surface area (Å²) in [6.45, 7) is 0. The van der Waals surface area contributed by atoms with Gasteiger partial charge in [0, 0.05) is 10.7 Å². The van der Waals surface area contributed by atoms with E-state index in [-0.39, 0.29) is 6.04 Å². The van der Waals surface area contributed by atoms with Crippen LogP contribution in [0.15, 0.2) is 35.5 Å². The lowest BCUT2D eigenvalue weighted by Crippen LogP contribution is -2.42. The predicted octanol–water partition coefficient (Wildman–Crippen LogP) is 3.30. The third-order valence-corrected chi connectivity index (χ3v) is 3.93. The fourth-order valence-electron chi connectivity index (χ4n) is 2.59. The first-order valence-electron chi connectivity index (χ1n) is 5.79. The number of nitrogens with one attached hydrogen (secondary N) is 2. The fourth-order valence-corrected chi connectivity index (χ4v) is 3.08. The highest BCUT2D eigenvalue weighted by atomic mass is 35.5. The van der Waals surface area contributed by atoms with Crippen molar-refractivity contribution in [1.82, 2.24) is 10.6 Å². The van der Waals surface area contributed by atoms with Crippen LogP contribution in [0, 0.1) is 0 Å². The van der Waals surface area contributed by atoms with E-state index in [2.05, 4.69) is 16.7 Å². The molecule has 0 spiro atoms. The maximum Gasteiger partial charge on any atom is 0.171 e. The molecule has 17 heavy (non-hydrogen) atoms. The third-order valence-electron chi connectivity index (χ3n) is 3.37. The van der Waals surface area contributed by atoms with Gasteiger partial charge in [-0.05, 0) is 48.7 Å². The summed E-state index contributed by atoms with van der Waals surface area (Å²) >= 11 is 11.5. The van der Waals surface area contributed by atoms with Gasteiger partial charge in [0.05, 0.1) is 6.04 Å². The smallest absolute Gasteiger partial charge is 0.171 e. The Labute approximate surface area is 111 Å². The molecule has 2 N–H and O–H groups in total. The summed E-state index contributed by atoms with van der Waals surface area (Å²) < 4.78 is 0. The van der Waals surface area contributed by atoms with Gasteiger partial charge >= 0.3 is 0 Å². The van der Waals surface area contributed by atoms with Crippen molar-refractivity contribution in [3.05, 3.63) is 46.1 Å². The Balaban J connectivity index is 2.05. The molecule has 1 aliphatic heterocycles. The van der Waals surface area contributed by atoms with E-state index in [0.29, 0.717) is 5.11 Å². The van der Waals surface area contributed by atoms with Gasteiger partial charge in [0.25, 0.3) is 0 Å². The molecule has 3 rings (SSSR count). The molecule has 0 radical (unpaired) electrons. The molecule has 0 saturated carbocycles. The Bertz CT molecular complexity index is 510. The van der Waals surface area contributed by atoms with E-state index in [1.807, 2.05) is 18.2 Å². The summed E-state index contributed by atoms with van der Waals surface area (Å²) in [4.78, 5) is 0. The second kappa shape index (κ2) is 4.31. The largest absolute Gasteiger partial charge is 0.352 e. The van der Waals surface area contributed by atoms with Gasteiger partial charge in [-0.25, -0.2) is 0 Å². The molecule has 0 fully saturated rings. The molecular formula is C13H13ClN2S. The van der Waals surface area contributed by atoms with Crippen LogP contribution in [0.1, 0.15) is 30.9 Å². The molecule has 0 unspecified atom stereocenters. The number of halogens is 1. The topological polar surface area (TPSA) is 24.1 Å². The maximum atomic E-state index is 6.27. The number of thiocarbonyl (C=S) groups is 1. The first kappa shape index (κ1) is 11.1. The molecule has 1 aliphatic carbocycles. The van der Waals surface area contributed by atoms with E-state index in [4.69, 9.17) is 23.8 Å². The zero-order valence-electron chi connectivity index (χ0n) is 9.29. The Morgan fingerprint density at radius 3 is 2.88 bits per heavy atom. The van der Waals surface area contributed by atoms with Crippen molar-refractivity contribution in [1.29, 1.82) is 0 Å². The maximum absolute atomic E-state index is 6.27. The number of hydrogen-bond acceptors (Lipinski definition) is 1. The van der Waals surface area contributed by atoms with Crippen molar-refractivity contribution in [2.75, 3.05) is 0 Å². The van der Waals surface area contributed by atoms with Gasteiger partial charge in [-0.3, -0.25) is 0 Å². The Morgan fingerprint density at radius 1 is 1.24 bits per heavy atom. The van der Waals surface area contributed by atoms with Gasteiger partial charge in [-0.2, -0.15) is 0 Å². The molecule has 1 atom stereocenters. The van der Waals surface area contributed by atoms with Gasteiger partial charge in [-0.15, -0.1) is 0 Å². The van der Waals surface area contributed by atoms with Crippen molar-refractivity contribution >= 4 is 28.9 Å². The second-order valence-corrected chi connectivity index (χ2v) is 5.23. The second-order valence-electron chi connectivity index (χ2n) is 4.41. The third kappa shape index (κ3) is 1.94. The Hall–Kier alpha value is -1.06. The van der Waals surface area contributed by atoms with Crippen LogP contribution in [0.5, 0.6) is 0 Å². The van der Waals surface area contributed by atoms with E-state index in [1.165, 1.54) is 17.7 Å². The molecule has 4 heteroatoms. The van der Waals surface area contributed by atoms with Crippen LogP contribution in [-0.2, 0) is 0 Å². The summed E-state index contributed by atoms with van der Waals surface area (Å²) in [7, 11) is 0. The molecular weight excluding hydrogens is 252 g/mol. The van der Waals surface area contributed by atoms with E-state index >= 15 is 0 Å². The average Bonchev–Trinajstić information content (AvgIpc) is 2.76. The highest BCUT2D eigenvalue weighted by molar-refractivity contribution is 7.80. The molecule has 1 heterocycles. The average molecular weight is 265 g/mol. The van der Waals surface area contributed by atoms with Gasteiger partial charge in [0.2, 0.25) is 0 Å². The van der Waals surface area contributed by atoms with Crippen LogP contribution >= 0.6 is 23.8 Å². The van der Waals surface area contributed by atoms with Gasteiger partial charge in [0.1, 0.15) is 0 Å². The minimum atomic E-state index is 0.148. The number of benzene rings is 1. The summed E-state index contributed by atoms with van der Waals surface area (Å²) in [6.07, 6.45) is 3.41. The van der Waals surface area contributed by atoms with Crippen molar-refractivity contribution in [3.63, 3.8) is 0 Å². The lowest BCUT2D eigenvalue weighted by atomic mass is 9.96. The predicted molar refractivity (Wildman–Crippen MR) is 73.9 cm³/mol. The first-order chi connectivity index (χ1) is 8.25. The molecule has 1 aromatic carbocycles. The highest BCUT2D eigenvalue weighted by Crippen LogP contribution is 2.38. The van der Waals surface area contributed by atoms with Gasteiger partial charge < -0.3 is 10.6 Å². The van der Waals surface area contributed by atoms with Crippen LogP contribution in [0.3, 0.4) is 0 Å². The zero-order valence-corrected chi connectivity index (χ0v) is 10.9. The lowest BCUT2D eigenvalue weighted by molar-refractivity contribution is 0.683. The standard InChI is InChI=1S/C13H13ClN2S/c14-10-6-2-1-4-8(10)12-9-5-3-7-11(9)15-13(17)16-12/h1-2,4,6,12H,3,5,7H2,(H2,15,16,17)/t12-/m0/s1. The number of allylic oxidation sites excluding steroid dienone is 1. The minimum absolute atomic E-state index is 0.148. The number of rotatable bonds is 1. The molecule has 88 valence electrons. The van der Waals surface area contributed by atoms with Crippen LogP contribution in [-0.4, -0.2) is 5.11 Å². The van der Waals surface area contributed by atoms with Crippen molar-refractivity contribution in [2.24, 2.45) is 0 Å². The van der Waals surface area contributed by atoms with Crippen LogP contribution in [0.25, 0.3) is 0 Å². The minimum Gasteiger partial charge on any atom is -0.352 e. The van der Waals surface area contributed by atoms with Crippen LogP contribution in [0.2, 0.25) is 5.02 Å². The summed E-state index contributed by atoms with van der Waals surface area (Å²) in [6, 6.07) is 8.11. The van der Waals surface area contributed by atoms with E-state index in [1.54, 1.807) is 0 Å². The van der Waals surface area contributed by atoms with E-state index in [9.17, 15) is 0 Å². The molecule has 0 aromatic heterocycles. The highest BCUT2D eigenvalue weighted by Gasteiger charge is 2.30. The molecule has 2 aliphatic rings. The monoisotopic (exact) mass is 264 g/mol. The van der Waals surface area contributed by atoms with Crippen molar-refractivity contribution in [3.8, 4) is 0 Å². The van der Waals surface area contributed by atoms with E-state index < -0.39 is 0 Å². The molecule has 0 bridgehead atoms. The summed E-state index contributed by atoms with van der Waals surface area (Å²) in [5, 5.41) is 8.08. The van der Waals surface area contributed by atoms with Crippen LogP contribution in [0.4, 0.5) is 0 Å². The molecule has 2 nitrogen and oxygen atoms in total. The summed E-state index contributed by atoms with van der Waals surface area (Å²) in [5.41, 5.74) is 3.82. The lowest BCUT2D eigenvalue weighted by Gasteiger charge is -2.29. The fraction of sp³-hybridized carbons (Fsp3) is 0.308. The molecule has 1 aromatic rings. The molecule has 0 saturated heterocycles. The van der Waals surface area contributed by atoms with Gasteiger partial charge in [-0.1, -0.05) is 29.8 Å². The SMILES string of the molecule is S=C1NC2=C(CCC2)[C@H](c2ccccc2Cl)N1. The Kier molecular flexibility index (Phi) is 2.81. The van der Waals surface area contributed by atoms with Crippen molar-refractivity contribution in [2.45, 2.75) is 25.3 Å². The molecule has 0 amide bonds. The quantitative estimate of drug-likeness (QED) is 0.761. The normalized spacial score (nSPS) is 23.1. The van der Waals surface area contributed by atoms with Crippen LogP contribution < -0.4 is 10.6 Å². The Morgan fingerprint density at radius 2 is 2.06 bits per heavy atom. The number of hydrogen-bond donors (Lipinski definition) is 2. The van der Waals surface area contributed by atoms with E-state index in [0.717, 1.165) is 23.4 Å². The summed E-state index contributed by atoms with van der Waals surface area (Å²) in [5.74, 6) is 0. The first-order valence-corrected chi connectivity index (χ1v) is 6.58. The zero-order chi connectivity index (χ0) is 11.8. The van der Waals surface area contributed by atoms with Crippen molar-refractivity contribution < 1.29 is 0 Å².